The van der Waals surface area contributed by atoms with E-state index in [0.717, 1.165) is 42.9 Å². The summed E-state index contributed by atoms with van der Waals surface area (Å²) in [5.74, 6) is 0.913. The topological polar surface area (TPSA) is 29.5 Å². The lowest BCUT2D eigenvalue weighted by Crippen LogP contribution is -3.00. The van der Waals surface area contributed by atoms with Gasteiger partial charge >= 0.3 is 0 Å². The second kappa shape index (κ2) is 10.3. The van der Waals surface area contributed by atoms with Crippen molar-refractivity contribution in [3.63, 3.8) is 0 Å². The molecule has 3 rings (SSSR count). The van der Waals surface area contributed by atoms with Gasteiger partial charge in [-0.25, -0.2) is 0 Å². The maximum Gasteiger partial charge on any atom is 0.171 e. The quantitative estimate of drug-likeness (QED) is 0.658. The van der Waals surface area contributed by atoms with Crippen molar-refractivity contribution in [1.29, 1.82) is 0 Å². The summed E-state index contributed by atoms with van der Waals surface area (Å²) >= 11 is 0. The second-order valence-electron chi connectivity index (χ2n) is 6.71. The molecular formula is C22H27ClNO2-. The van der Waals surface area contributed by atoms with Crippen molar-refractivity contribution in [2.24, 2.45) is 0 Å². The number of nitrogens with zero attached hydrogens (tertiary/aromatic N) is 1. The number of benzene rings is 2. The molecule has 0 N–H and O–H groups in total. The Kier molecular flexibility index (Phi) is 8.14. The van der Waals surface area contributed by atoms with Gasteiger partial charge < -0.3 is 22.0 Å². The summed E-state index contributed by atoms with van der Waals surface area (Å²) in [5, 5.41) is 0. The fraction of sp³-hybridized carbons (Fsp3) is 0.409. The van der Waals surface area contributed by atoms with Crippen LogP contribution in [0.25, 0.3) is 0 Å². The summed E-state index contributed by atoms with van der Waals surface area (Å²) in [6, 6.07) is 17.8. The van der Waals surface area contributed by atoms with Gasteiger partial charge in [0.2, 0.25) is 0 Å². The van der Waals surface area contributed by atoms with E-state index in [4.69, 9.17) is 4.74 Å². The van der Waals surface area contributed by atoms with Gasteiger partial charge in [-0.1, -0.05) is 37.3 Å². The number of rotatable bonds is 8. The van der Waals surface area contributed by atoms with Crippen molar-refractivity contribution in [3.05, 3.63) is 65.7 Å². The zero-order chi connectivity index (χ0) is 17.5. The van der Waals surface area contributed by atoms with Crippen LogP contribution in [-0.4, -0.2) is 36.9 Å². The number of ether oxygens (including phenoxy) is 1. The third kappa shape index (κ3) is 5.33. The molecule has 2 aromatic carbocycles. The molecule has 140 valence electrons. The van der Waals surface area contributed by atoms with Crippen molar-refractivity contribution in [1.82, 2.24) is 4.90 Å². The van der Waals surface area contributed by atoms with E-state index in [0.29, 0.717) is 6.61 Å². The first-order chi connectivity index (χ1) is 12.3. The van der Waals surface area contributed by atoms with Gasteiger partial charge in [0.25, 0.3) is 0 Å². The van der Waals surface area contributed by atoms with E-state index in [-0.39, 0.29) is 24.1 Å². The Labute approximate surface area is 162 Å². The molecule has 3 nitrogen and oxygen atoms in total. The Morgan fingerprint density at radius 1 is 1.04 bits per heavy atom. The molecule has 0 spiro atoms. The Bertz CT molecular complexity index is 666. The molecule has 0 aromatic heterocycles. The van der Waals surface area contributed by atoms with Gasteiger partial charge in [0.15, 0.2) is 5.78 Å². The molecule has 1 atom stereocenters. The third-order valence-electron chi connectivity index (χ3n) is 4.77. The van der Waals surface area contributed by atoms with Crippen molar-refractivity contribution in [3.8, 4) is 5.75 Å². The van der Waals surface area contributed by atoms with Crippen molar-refractivity contribution >= 4 is 5.78 Å². The number of halogens is 1. The van der Waals surface area contributed by atoms with Gasteiger partial charge in [0.05, 0.1) is 12.5 Å². The van der Waals surface area contributed by atoms with Crippen LogP contribution in [0.3, 0.4) is 0 Å². The standard InChI is InChI=1S/C22H27NO2.ClH/c1-2-16-25-20-12-10-19(11-13-20)22(24)21(17-23-14-6-7-15-23)18-8-4-3-5-9-18;/h3-5,8-13,21H,2,6-7,14-17H2,1H3;1H/p-1. The minimum atomic E-state index is -0.110. The second-order valence-corrected chi connectivity index (χ2v) is 6.71. The first-order valence-corrected chi connectivity index (χ1v) is 9.32. The largest absolute Gasteiger partial charge is 1.00 e. The summed E-state index contributed by atoms with van der Waals surface area (Å²) in [5.41, 5.74) is 1.86. The zero-order valence-corrected chi connectivity index (χ0v) is 16.1. The molecule has 0 saturated carbocycles. The molecule has 26 heavy (non-hydrogen) atoms. The van der Waals surface area contributed by atoms with Crippen molar-refractivity contribution in [2.75, 3.05) is 26.2 Å². The van der Waals surface area contributed by atoms with Crippen LogP contribution in [-0.2, 0) is 0 Å². The number of carbonyl (C=O) groups is 1. The van der Waals surface area contributed by atoms with Crippen molar-refractivity contribution < 1.29 is 21.9 Å². The maximum absolute atomic E-state index is 13.2. The number of carbonyl (C=O) groups excluding carboxylic acids is 1. The third-order valence-corrected chi connectivity index (χ3v) is 4.77. The highest BCUT2D eigenvalue weighted by atomic mass is 35.5. The highest BCUT2D eigenvalue weighted by molar-refractivity contribution is 6.01. The van der Waals surface area contributed by atoms with E-state index < -0.39 is 0 Å². The zero-order valence-electron chi connectivity index (χ0n) is 15.4. The van der Waals surface area contributed by atoms with Crippen LogP contribution in [0.4, 0.5) is 0 Å². The molecule has 1 heterocycles. The average molecular weight is 373 g/mol. The number of hydrogen-bond acceptors (Lipinski definition) is 3. The van der Waals surface area contributed by atoms with E-state index >= 15 is 0 Å². The maximum atomic E-state index is 13.2. The molecule has 4 heteroatoms. The van der Waals surface area contributed by atoms with Crippen LogP contribution in [0, 0.1) is 0 Å². The summed E-state index contributed by atoms with van der Waals surface area (Å²) < 4.78 is 5.62. The fourth-order valence-electron chi connectivity index (χ4n) is 3.38. The highest BCUT2D eigenvalue weighted by Crippen LogP contribution is 2.25. The lowest BCUT2D eigenvalue weighted by molar-refractivity contribution is -0.0000135. The van der Waals surface area contributed by atoms with Gasteiger partial charge in [-0.05, 0) is 62.2 Å². The summed E-state index contributed by atoms with van der Waals surface area (Å²) in [4.78, 5) is 15.6. The Morgan fingerprint density at radius 2 is 1.69 bits per heavy atom. The molecule has 0 amide bonds. The average Bonchev–Trinajstić information content (AvgIpc) is 3.18. The Balaban J connectivity index is 0.00000243. The van der Waals surface area contributed by atoms with Gasteiger partial charge in [0.1, 0.15) is 5.75 Å². The number of likely N-dealkylation sites (tertiary alicyclic amines) is 1. The van der Waals surface area contributed by atoms with Crippen LogP contribution in [0.15, 0.2) is 54.6 Å². The monoisotopic (exact) mass is 372 g/mol. The lowest BCUT2D eigenvalue weighted by atomic mass is 9.90. The molecule has 1 unspecified atom stereocenters. The van der Waals surface area contributed by atoms with E-state index in [1.54, 1.807) is 0 Å². The highest BCUT2D eigenvalue weighted by Gasteiger charge is 2.26. The Morgan fingerprint density at radius 3 is 2.31 bits per heavy atom. The van der Waals surface area contributed by atoms with Crippen molar-refractivity contribution in [2.45, 2.75) is 32.1 Å². The van der Waals surface area contributed by atoms with E-state index in [2.05, 4.69) is 24.0 Å². The van der Waals surface area contributed by atoms with Crippen LogP contribution in [0.2, 0.25) is 0 Å². The molecule has 2 aromatic rings. The number of ketones is 1. The molecule has 1 aliphatic rings. The van der Waals surface area contributed by atoms with Crippen LogP contribution < -0.4 is 17.1 Å². The summed E-state index contributed by atoms with van der Waals surface area (Å²) in [7, 11) is 0. The normalized spacial score (nSPS) is 15.3. The molecule has 0 aliphatic carbocycles. The SMILES string of the molecule is CCCOc1ccc(C(=O)C(CN2CCCC2)c2ccccc2)cc1.[Cl-]. The number of hydrogen-bond donors (Lipinski definition) is 0. The predicted octanol–water partition coefficient (Wildman–Crippen LogP) is 1.54. The van der Waals surface area contributed by atoms with Gasteiger partial charge in [0, 0.05) is 12.1 Å². The first-order valence-electron chi connectivity index (χ1n) is 9.32. The van der Waals surface area contributed by atoms with Gasteiger partial charge in [-0.2, -0.15) is 0 Å². The van der Waals surface area contributed by atoms with E-state index in [1.165, 1.54) is 12.8 Å². The van der Waals surface area contributed by atoms with Gasteiger partial charge in [-0.15, -0.1) is 0 Å². The first kappa shape index (κ1) is 20.5. The minimum absolute atomic E-state index is 0. The smallest absolute Gasteiger partial charge is 0.171 e. The summed E-state index contributed by atoms with van der Waals surface area (Å²) in [6.45, 7) is 5.79. The van der Waals surface area contributed by atoms with Gasteiger partial charge in [-0.3, -0.25) is 4.79 Å². The Hall–Kier alpha value is -1.84. The summed E-state index contributed by atoms with van der Waals surface area (Å²) in [6.07, 6.45) is 3.45. The molecule has 1 fully saturated rings. The molecule has 0 radical (unpaired) electrons. The van der Waals surface area contributed by atoms with Crippen LogP contribution in [0.1, 0.15) is 48.0 Å². The fourth-order valence-corrected chi connectivity index (χ4v) is 3.38. The molecule has 1 aliphatic heterocycles. The van der Waals surface area contributed by atoms with Crippen LogP contribution in [0.5, 0.6) is 5.75 Å². The number of Topliss-reactive ketones (excluding diaryl/α,β-unsaturated/α-hetero) is 1. The predicted molar refractivity (Wildman–Crippen MR) is 101 cm³/mol. The molecular weight excluding hydrogens is 346 g/mol. The minimum Gasteiger partial charge on any atom is -1.00 e. The van der Waals surface area contributed by atoms with E-state index in [9.17, 15) is 4.79 Å². The molecule has 1 saturated heterocycles. The molecule has 0 bridgehead atoms. The van der Waals surface area contributed by atoms with Crippen LogP contribution >= 0.6 is 0 Å². The lowest BCUT2D eigenvalue weighted by Gasteiger charge is -2.23. The van der Waals surface area contributed by atoms with E-state index in [1.807, 2.05) is 42.5 Å².